The largest absolute Gasteiger partial charge is 0.388 e. The minimum atomic E-state index is -3.07. The molecule has 2 rings (SSSR count). The van der Waals surface area contributed by atoms with Crippen LogP contribution in [0.5, 0.6) is 0 Å². The van der Waals surface area contributed by atoms with Crippen LogP contribution in [0.25, 0.3) is 0 Å². The van der Waals surface area contributed by atoms with E-state index in [1.165, 1.54) is 0 Å². The summed E-state index contributed by atoms with van der Waals surface area (Å²) in [7, 11) is -3.07. The Morgan fingerprint density at radius 2 is 2.29 bits per heavy atom. The Hall–Kier alpha value is -0.880. The fraction of sp³-hybridized carbons (Fsp3) is 0.727. The number of aliphatic hydroxyl groups is 1. The van der Waals surface area contributed by atoms with E-state index in [0.717, 1.165) is 5.69 Å². The van der Waals surface area contributed by atoms with Crippen molar-refractivity contribution in [2.24, 2.45) is 0 Å². The fourth-order valence-electron chi connectivity index (χ4n) is 2.14. The number of nitrogens with zero attached hydrogens (tertiary/aromatic N) is 2. The third-order valence-electron chi connectivity index (χ3n) is 3.07. The van der Waals surface area contributed by atoms with E-state index in [9.17, 15) is 13.5 Å². The molecule has 96 valence electrons. The smallest absolute Gasteiger partial charge is 0.153 e. The van der Waals surface area contributed by atoms with Crippen molar-refractivity contribution in [1.29, 1.82) is 0 Å². The first-order valence-corrected chi connectivity index (χ1v) is 7.59. The maximum absolute atomic E-state index is 11.4. The van der Waals surface area contributed by atoms with Crippen LogP contribution in [0.4, 0.5) is 0 Å². The summed E-state index contributed by atoms with van der Waals surface area (Å²) in [5, 5.41) is 14.5. The zero-order valence-electron chi connectivity index (χ0n) is 10.1. The first kappa shape index (κ1) is 12.6. The first-order valence-electron chi connectivity index (χ1n) is 5.77. The van der Waals surface area contributed by atoms with E-state index in [1.807, 2.05) is 30.8 Å². The number of sulfone groups is 1. The van der Waals surface area contributed by atoms with Gasteiger partial charge in [-0.3, -0.25) is 4.68 Å². The van der Waals surface area contributed by atoms with Crippen molar-refractivity contribution >= 4 is 9.84 Å². The van der Waals surface area contributed by atoms with E-state index in [-0.39, 0.29) is 17.5 Å². The predicted molar refractivity (Wildman–Crippen MR) is 64.5 cm³/mol. The Kier molecular flexibility index (Phi) is 3.03. The number of hydrogen-bond acceptors (Lipinski definition) is 4. The lowest BCUT2D eigenvalue weighted by molar-refractivity contribution is 0.0669. The van der Waals surface area contributed by atoms with E-state index in [2.05, 4.69) is 5.10 Å². The van der Waals surface area contributed by atoms with Crippen molar-refractivity contribution in [2.75, 3.05) is 11.5 Å². The monoisotopic (exact) mass is 258 g/mol. The molecule has 1 fully saturated rings. The summed E-state index contributed by atoms with van der Waals surface area (Å²) in [5.41, 5.74) is -0.382. The molecule has 1 aliphatic heterocycles. The van der Waals surface area contributed by atoms with Gasteiger partial charge in [-0.15, -0.1) is 0 Å². The molecule has 1 aromatic heterocycles. The van der Waals surface area contributed by atoms with Crippen molar-refractivity contribution in [1.82, 2.24) is 9.78 Å². The van der Waals surface area contributed by atoms with Gasteiger partial charge in [-0.1, -0.05) is 0 Å². The van der Waals surface area contributed by atoms with E-state index >= 15 is 0 Å². The molecule has 1 saturated heterocycles. The van der Waals surface area contributed by atoms with E-state index < -0.39 is 15.4 Å². The molecule has 0 radical (unpaired) electrons. The lowest BCUT2D eigenvalue weighted by atomic mass is 9.97. The zero-order valence-corrected chi connectivity index (χ0v) is 10.9. The van der Waals surface area contributed by atoms with Crippen molar-refractivity contribution < 1.29 is 13.5 Å². The molecule has 0 aliphatic carbocycles. The average molecular weight is 258 g/mol. The van der Waals surface area contributed by atoms with Gasteiger partial charge in [0.25, 0.3) is 0 Å². The average Bonchev–Trinajstić information content (AvgIpc) is 2.72. The van der Waals surface area contributed by atoms with Gasteiger partial charge in [-0.05, 0) is 26.3 Å². The summed E-state index contributed by atoms with van der Waals surface area (Å²) in [5.74, 6) is -0.0665. The Labute approximate surface area is 101 Å². The minimum Gasteiger partial charge on any atom is -0.388 e. The lowest BCUT2D eigenvalue weighted by Crippen LogP contribution is -2.32. The molecule has 1 aliphatic rings. The topological polar surface area (TPSA) is 72.2 Å². The van der Waals surface area contributed by atoms with Gasteiger partial charge in [0.2, 0.25) is 0 Å². The van der Waals surface area contributed by atoms with Crippen molar-refractivity contribution in [3.8, 4) is 0 Å². The Balaban J connectivity index is 2.10. The van der Waals surface area contributed by atoms with Crippen LogP contribution in [0.2, 0.25) is 0 Å². The van der Waals surface area contributed by atoms with Crippen LogP contribution in [0.1, 0.15) is 32.0 Å². The van der Waals surface area contributed by atoms with Gasteiger partial charge in [0.05, 0.1) is 22.8 Å². The molecular weight excluding hydrogens is 240 g/mol. The molecule has 6 heteroatoms. The standard InChI is InChI=1S/C11H18N2O3S/c1-9(2)13-5-3-10(12-13)7-11(14)4-6-17(15,16)8-11/h3,5,9,14H,4,6-8H2,1-2H3. The zero-order chi connectivity index (χ0) is 12.7. The van der Waals surface area contributed by atoms with Crippen LogP contribution < -0.4 is 0 Å². The highest BCUT2D eigenvalue weighted by Gasteiger charge is 2.41. The van der Waals surface area contributed by atoms with Crippen molar-refractivity contribution in [3.05, 3.63) is 18.0 Å². The molecule has 17 heavy (non-hydrogen) atoms. The Bertz CT molecular complexity index is 507. The van der Waals surface area contributed by atoms with Crippen molar-refractivity contribution in [2.45, 2.75) is 38.3 Å². The normalized spacial score (nSPS) is 27.8. The van der Waals surface area contributed by atoms with Crippen LogP contribution in [0.15, 0.2) is 12.3 Å². The summed E-state index contributed by atoms with van der Waals surface area (Å²) < 4.78 is 24.5. The highest BCUT2D eigenvalue weighted by molar-refractivity contribution is 7.91. The van der Waals surface area contributed by atoms with E-state index in [1.54, 1.807) is 0 Å². The molecule has 0 saturated carbocycles. The van der Waals surface area contributed by atoms with Crippen LogP contribution in [-0.4, -0.2) is 40.4 Å². The summed E-state index contributed by atoms with van der Waals surface area (Å²) >= 11 is 0. The molecule has 1 aromatic rings. The van der Waals surface area contributed by atoms with Crippen LogP contribution >= 0.6 is 0 Å². The summed E-state index contributed by atoms with van der Waals surface area (Å²) in [6.07, 6.45) is 2.47. The van der Waals surface area contributed by atoms with Crippen molar-refractivity contribution in [3.63, 3.8) is 0 Å². The van der Waals surface area contributed by atoms with Crippen LogP contribution in [0.3, 0.4) is 0 Å². The van der Waals surface area contributed by atoms with Gasteiger partial charge in [0.1, 0.15) is 0 Å². The number of aromatic nitrogens is 2. The molecule has 0 aromatic carbocycles. The number of rotatable bonds is 3. The molecular formula is C11H18N2O3S. The highest BCUT2D eigenvalue weighted by atomic mass is 32.2. The summed E-state index contributed by atoms with van der Waals surface area (Å²) in [6, 6.07) is 2.11. The van der Waals surface area contributed by atoms with Gasteiger partial charge in [-0.25, -0.2) is 8.42 Å². The highest BCUT2D eigenvalue weighted by Crippen LogP contribution is 2.26. The molecule has 0 bridgehead atoms. The molecule has 1 atom stereocenters. The number of hydrogen-bond donors (Lipinski definition) is 1. The predicted octanol–water partition coefficient (Wildman–Crippen LogP) is 0.556. The minimum absolute atomic E-state index is 0.0778. The van der Waals surface area contributed by atoms with Gasteiger partial charge < -0.3 is 5.11 Å². The van der Waals surface area contributed by atoms with Gasteiger partial charge >= 0.3 is 0 Å². The second-order valence-corrected chi connectivity index (χ2v) is 7.31. The van der Waals surface area contributed by atoms with Gasteiger partial charge in [0, 0.05) is 18.7 Å². The third-order valence-corrected chi connectivity index (χ3v) is 4.87. The van der Waals surface area contributed by atoms with Gasteiger partial charge in [-0.2, -0.15) is 5.10 Å². The second kappa shape index (κ2) is 4.10. The Morgan fingerprint density at radius 3 is 2.76 bits per heavy atom. The summed E-state index contributed by atoms with van der Waals surface area (Å²) in [6.45, 7) is 4.04. The molecule has 0 amide bonds. The second-order valence-electron chi connectivity index (χ2n) is 5.12. The maximum Gasteiger partial charge on any atom is 0.153 e. The van der Waals surface area contributed by atoms with E-state index in [0.29, 0.717) is 12.8 Å². The SMILES string of the molecule is CC(C)n1ccc(CC2(O)CCS(=O)(=O)C2)n1. The fourth-order valence-corrected chi connectivity index (χ4v) is 4.04. The third kappa shape index (κ3) is 2.87. The first-order chi connectivity index (χ1) is 7.80. The molecule has 1 unspecified atom stereocenters. The quantitative estimate of drug-likeness (QED) is 0.859. The molecule has 5 nitrogen and oxygen atoms in total. The summed E-state index contributed by atoms with van der Waals surface area (Å²) in [4.78, 5) is 0. The Morgan fingerprint density at radius 1 is 1.59 bits per heavy atom. The van der Waals surface area contributed by atoms with E-state index in [4.69, 9.17) is 0 Å². The lowest BCUT2D eigenvalue weighted by Gasteiger charge is -2.18. The molecule has 0 spiro atoms. The van der Waals surface area contributed by atoms with Crippen LogP contribution in [0, 0.1) is 0 Å². The molecule has 2 heterocycles. The molecule has 1 N–H and O–H groups in total. The van der Waals surface area contributed by atoms with Gasteiger partial charge in [0.15, 0.2) is 9.84 Å². The van der Waals surface area contributed by atoms with Crippen LogP contribution in [-0.2, 0) is 16.3 Å². The maximum atomic E-state index is 11.4.